The molecule has 0 aliphatic carbocycles. The summed E-state index contributed by atoms with van der Waals surface area (Å²) in [5, 5.41) is 9.12. The first-order valence-electron chi connectivity index (χ1n) is 7.39. The normalized spacial score (nSPS) is 22.9. The number of aliphatic hydroxyl groups is 1. The number of aromatic nitrogens is 1. The number of aliphatic hydroxyl groups excluding tert-OH is 1. The monoisotopic (exact) mass is 266 g/mol. The summed E-state index contributed by atoms with van der Waals surface area (Å²) in [6.45, 7) is 8.94. The number of hydrogen-bond acceptors (Lipinski definition) is 4. The van der Waals surface area contributed by atoms with Gasteiger partial charge in [0.2, 0.25) is 0 Å². The second kappa shape index (κ2) is 6.53. The fourth-order valence-electron chi connectivity index (χ4n) is 2.72. The molecule has 0 saturated carbocycles. The first-order valence-corrected chi connectivity index (χ1v) is 7.39. The van der Waals surface area contributed by atoms with Crippen LogP contribution in [0.15, 0.2) is 10.6 Å². The van der Waals surface area contributed by atoms with Gasteiger partial charge in [-0.15, -0.1) is 0 Å². The topological polar surface area (TPSA) is 49.5 Å². The van der Waals surface area contributed by atoms with Crippen LogP contribution in [0.25, 0.3) is 0 Å². The van der Waals surface area contributed by atoms with Gasteiger partial charge in [0.1, 0.15) is 5.76 Å². The number of likely N-dealkylation sites (tertiary alicyclic amines) is 1. The van der Waals surface area contributed by atoms with E-state index in [-0.39, 0.29) is 12.5 Å². The van der Waals surface area contributed by atoms with Gasteiger partial charge in [-0.3, -0.25) is 0 Å². The summed E-state index contributed by atoms with van der Waals surface area (Å²) in [5.74, 6) is 2.31. The van der Waals surface area contributed by atoms with Crippen LogP contribution in [-0.4, -0.2) is 40.7 Å². The van der Waals surface area contributed by atoms with E-state index < -0.39 is 0 Å². The van der Waals surface area contributed by atoms with Crippen molar-refractivity contribution in [3.05, 3.63) is 17.8 Å². The average molecular weight is 266 g/mol. The Labute approximate surface area is 115 Å². The Balaban J connectivity index is 1.91. The molecule has 1 aromatic heterocycles. The molecule has 1 aromatic rings. The minimum atomic E-state index is 0.0415. The van der Waals surface area contributed by atoms with Gasteiger partial charge < -0.3 is 14.4 Å². The SMILES string of the molecule is CC(CO)c1cnc(CC2CCCN(C(C)C)C2)o1. The quantitative estimate of drug-likeness (QED) is 0.889. The van der Waals surface area contributed by atoms with Gasteiger partial charge in [-0.1, -0.05) is 6.92 Å². The lowest BCUT2D eigenvalue weighted by atomic mass is 9.94. The van der Waals surface area contributed by atoms with Gasteiger partial charge in [-0.2, -0.15) is 0 Å². The molecule has 1 N–H and O–H groups in total. The van der Waals surface area contributed by atoms with E-state index in [1.54, 1.807) is 6.20 Å². The Bertz CT molecular complexity index is 389. The molecule has 0 aromatic carbocycles. The highest BCUT2D eigenvalue weighted by atomic mass is 16.4. The fraction of sp³-hybridized carbons (Fsp3) is 0.800. The predicted molar refractivity (Wildman–Crippen MR) is 75.1 cm³/mol. The predicted octanol–water partition coefficient (Wildman–Crippen LogP) is 2.43. The third-order valence-electron chi connectivity index (χ3n) is 4.08. The first-order chi connectivity index (χ1) is 9.10. The lowest BCUT2D eigenvalue weighted by Crippen LogP contribution is -2.40. The number of oxazole rings is 1. The first kappa shape index (κ1) is 14.5. The maximum atomic E-state index is 9.12. The van der Waals surface area contributed by atoms with Gasteiger partial charge in [0.25, 0.3) is 0 Å². The smallest absolute Gasteiger partial charge is 0.194 e. The highest BCUT2D eigenvalue weighted by Crippen LogP contribution is 2.23. The van der Waals surface area contributed by atoms with Crippen molar-refractivity contribution in [2.24, 2.45) is 5.92 Å². The molecule has 0 amide bonds. The largest absolute Gasteiger partial charge is 0.445 e. The minimum absolute atomic E-state index is 0.0415. The molecule has 1 aliphatic rings. The van der Waals surface area contributed by atoms with E-state index in [0.717, 1.165) is 24.6 Å². The molecule has 1 fully saturated rings. The number of rotatable bonds is 5. The van der Waals surface area contributed by atoms with Crippen LogP contribution in [0.1, 0.15) is 51.2 Å². The van der Waals surface area contributed by atoms with Crippen molar-refractivity contribution in [2.75, 3.05) is 19.7 Å². The average Bonchev–Trinajstić information content (AvgIpc) is 2.86. The zero-order valence-electron chi connectivity index (χ0n) is 12.3. The van der Waals surface area contributed by atoms with Crippen molar-refractivity contribution in [2.45, 2.75) is 52.0 Å². The molecule has 19 heavy (non-hydrogen) atoms. The van der Waals surface area contributed by atoms with Crippen molar-refractivity contribution in [3.8, 4) is 0 Å². The van der Waals surface area contributed by atoms with Crippen LogP contribution in [0.5, 0.6) is 0 Å². The highest BCUT2D eigenvalue weighted by Gasteiger charge is 2.23. The van der Waals surface area contributed by atoms with Crippen LogP contribution in [-0.2, 0) is 6.42 Å². The zero-order chi connectivity index (χ0) is 13.8. The van der Waals surface area contributed by atoms with E-state index in [0.29, 0.717) is 12.0 Å². The van der Waals surface area contributed by atoms with Crippen LogP contribution in [0, 0.1) is 5.92 Å². The van der Waals surface area contributed by atoms with Gasteiger partial charge in [-0.25, -0.2) is 4.98 Å². The van der Waals surface area contributed by atoms with E-state index in [4.69, 9.17) is 9.52 Å². The van der Waals surface area contributed by atoms with Crippen molar-refractivity contribution in [3.63, 3.8) is 0 Å². The molecule has 4 nitrogen and oxygen atoms in total. The van der Waals surface area contributed by atoms with Gasteiger partial charge >= 0.3 is 0 Å². The molecule has 1 aliphatic heterocycles. The minimum Gasteiger partial charge on any atom is -0.445 e. The van der Waals surface area contributed by atoms with Crippen molar-refractivity contribution >= 4 is 0 Å². The molecule has 0 radical (unpaired) electrons. The van der Waals surface area contributed by atoms with Gasteiger partial charge in [0.15, 0.2) is 5.89 Å². The van der Waals surface area contributed by atoms with Gasteiger partial charge in [0, 0.05) is 24.9 Å². The Kier molecular flexibility index (Phi) is 4.99. The summed E-state index contributed by atoms with van der Waals surface area (Å²) in [6, 6.07) is 0.623. The maximum absolute atomic E-state index is 9.12. The number of nitrogens with zero attached hydrogens (tertiary/aromatic N) is 2. The molecular formula is C15H26N2O2. The van der Waals surface area contributed by atoms with E-state index >= 15 is 0 Å². The van der Waals surface area contributed by atoms with Gasteiger partial charge in [0.05, 0.1) is 12.8 Å². The summed E-state index contributed by atoms with van der Waals surface area (Å²) in [5.41, 5.74) is 0. The Morgan fingerprint density at radius 3 is 2.95 bits per heavy atom. The van der Waals surface area contributed by atoms with Crippen molar-refractivity contribution < 1.29 is 9.52 Å². The zero-order valence-corrected chi connectivity index (χ0v) is 12.3. The molecule has 2 rings (SSSR count). The van der Waals surface area contributed by atoms with Crippen LogP contribution >= 0.6 is 0 Å². The third kappa shape index (κ3) is 3.80. The molecule has 2 atom stereocenters. The molecule has 2 heterocycles. The van der Waals surface area contributed by atoms with E-state index in [2.05, 4.69) is 23.7 Å². The third-order valence-corrected chi connectivity index (χ3v) is 4.08. The summed E-state index contributed by atoms with van der Waals surface area (Å²) >= 11 is 0. The molecule has 0 bridgehead atoms. The van der Waals surface area contributed by atoms with E-state index in [1.807, 2.05) is 6.92 Å². The molecular weight excluding hydrogens is 240 g/mol. The Morgan fingerprint density at radius 2 is 2.26 bits per heavy atom. The van der Waals surface area contributed by atoms with Crippen LogP contribution < -0.4 is 0 Å². The number of hydrogen-bond donors (Lipinski definition) is 1. The summed E-state index contributed by atoms with van der Waals surface area (Å²) < 4.78 is 5.75. The lowest BCUT2D eigenvalue weighted by Gasteiger charge is -2.35. The Morgan fingerprint density at radius 1 is 1.47 bits per heavy atom. The van der Waals surface area contributed by atoms with Crippen LogP contribution in [0.4, 0.5) is 0 Å². The van der Waals surface area contributed by atoms with Crippen molar-refractivity contribution in [1.82, 2.24) is 9.88 Å². The van der Waals surface area contributed by atoms with Crippen molar-refractivity contribution in [1.29, 1.82) is 0 Å². The second-order valence-electron chi connectivity index (χ2n) is 6.04. The molecule has 4 heteroatoms. The number of piperidine rings is 1. The lowest BCUT2D eigenvalue weighted by molar-refractivity contribution is 0.135. The summed E-state index contributed by atoms with van der Waals surface area (Å²) in [7, 11) is 0. The van der Waals surface area contributed by atoms with E-state index in [1.165, 1.54) is 19.4 Å². The summed E-state index contributed by atoms with van der Waals surface area (Å²) in [4.78, 5) is 6.89. The molecule has 0 spiro atoms. The molecule has 108 valence electrons. The molecule has 2 unspecified atom stereocenters. The fourth-order valence-corrected chi connectivity index (χ4v) is 2.72. The molecule has 1 saturated heterocycles. The van der Waals surface area contributed by atoms with Crippen LogP contribution in [0.2, 0.25) is 0 Å². The summed E-state index contributed by atoms with van der Waals surface area (Å²) in [6.07, 6.45) is 5.21. The van der Waals surface area contributed by atoms with Gasteiger partial charge in [-0.05, 0) is 39.2 Å². The highest BCUT2D eigenvalue weighted by molar-refractivity contribution is 5.01. The second-order valence-corrected chi connectivity index (χ2v) is 6.04. The Hall–Kier alpha value is -0.870. The van der Waals surface area contributed by atoms with E-state index in [9.17, 15) is 0 Å². The van der Waals surface area contributed by atoms with Crippen LogP contribution in [0.3, 0.4) is 0 Å². The standard InChI is InChI=1S/C15H26N2O2/c1-11(2)17-6-4-5-13(9-17)7-15-16-8-14(19-15)12(3)10-18/h8,11-13,18H,4-7,9-10H2,1-3H3. The maximum Gasteiger partial charge on any atom is 0.194 e.